The molecule has 0 aliphatic carbocycles. The average Bonchev–Trinajstić information content (AvgIpc) is 3.30. The Morgan fingerprint density at radius 2 is 1.95 bits per heavy atom. The third-order valence-electron chi connectivity index (χ3n) is 6.63. The quantitative estimate of drug-likeness (QED) is 0.360. The molecule has 0 spiro atoms. The van der Waals surface area contributed by atoms with Crippen molar-refractivity contribution in [2.45, 2.75) is 52.2 Å². The standard InChI is InChI=1S/C29H38FN5O4/c1-4-12-38-18-23-17-34(11-13-39-23)9-6-10-35-19-31-24(27(35)20(2)3)16-26-29(37)32-25(28(36)33-26)15-21-7-5-8-22(30)14-21/h5,7-8,14-16,19-20,23H,4,6,9-13,17-18H2,1-3H3,(H,32,37)(H,33,36)/b25-15-,26-16-. The minimum absolute atomic E-state index is 0.0552. The number of ether oxygens (including phenoxy) is 2. The first-order chi connectivity index (χ1) is 18.8. The first-order valence-corrected chi connectivity index (χ1v) is 13.6. The van der Waals surface area contributed by atoms with Gasteiger partial charge in [-0.15, -0.1) is 0 Å². The second-order valence-electron chi connectivity index (χ2n) is 10.2. The van der Waals surface area contributed by atoms with Crippen LogP contribution in [0.15, 0.2) is 40.2 Å². The maximum Gasteiger partial charge on any atom is 0.272 e. The second kappa shape index (κ2) is 13.6. The molecule has 0 radical (unpaired) electrons. The summed E-state index contributed by atoms with van der Waals surface area (Å²) < 4.78 is 27.1. The lowest BCUT2D eigenvalue weighted by molar-refractivity contribution is -0.0692. The number of aryl methyl sites for hydroxylation is 1. The molecule has 1 fully saturated rings. The molecule has 0 amide bonds. The van der Waals surface area contributed by atoms with Crippen LogP contribution in [0, 0.1) is 5.82 Å². The van der Waals surface area contributed by atoms with Crippen LogP contribution in [-0.2, 0) is 16.0 Å². The third-order valence-corrected chi connectivity index (χ3v) is 6.63. The van der Waals surface area contributed by atoms with Crippen LogP contribution in [0.25, 0.3) is 12.2 Å². The highest BCUT2D eigenvalue weighted by molar-refractivity contribution is 5.49. The molecule has 1 aromatic carbocycles. The van der Waals surface area contributed by atoms with Gasteiger partial charge >= 0.3 is 0 Å². The van der Waals surface area contributed by atoms with Crippen LogP contribution in [0.5, 0.6) is 0 Å². The number of benzene rings is 1. The Hall–Kier alpha value is -3.34. The molecule has 0 bridgehead atoms. The summed E-state index contributed by atoms with van der Waals surface area (Å²) >= 11 is 0. The smallest absolute Gasteiger partial charge is 0.272 e. The van der Waals surface area contributed by atoms with E-state index >= 15 is 0 Å². The van der Waals surface area contributed by atoms with E-state index in [9.17, 15) is 14.0 Å². The van der Waals surface area contributed by atoms with Crippen LogP contribution in [0.1, 0.15) is 56.5 Å². The topological polar surface area (TPSA) is 105 Å². The molecular weight excluding hydrogens is 501 g/mol. The first kappa shape index (κ1) is 28.7. The molecular formula is C29H38FN5O4. The van der Waals surface area contributed by atoms with Crippen molar-refractivity contribution in [2.24, 2.45) is 0 Å². The number of nitrogens with zero attached hydrogens (tertiary/aromatic N) is 3. The van der Waals surface area contributed by atoms with Gasteiger partial charge in [-0.1, -0.05) is 32.9 Å². The number of aromatic amines is 2. The number of aromatic nitrogens is 4. The van der Waals surface area contributed by atoms with E-state index in [-0.39, 0.29) is 22.7 Å². The maximum atomic E-state index is 13.5. The van der Waals surface area contributed by atoms with Gasteiger partial charge in [0.15, 0.2) is 0 Å². The summed E-state index contributed by atoms with van der Waals surface area (Å²) in [6.07, 6.45) is 6.91. The fourth-order valence-corrected chi connectivity index (χ4v) is 4.83. The summed E-state index contributed by atoms with van der Waals surface area (Å²) in [6.45, 7) is 11.9. The minimum atomic E-state index is -0.473. The number of hydrogen-bond acceptors (Lipinski definition) is 6. The van der Waals surface area contributed by atoms with Gasteiger partial charge in [-0.3, -0.25) is 14.5 Å². The lowest BCUT2D eigenvalue weighted by Crippen LogP contribution is -2.46. The van der Waals surface area contributed by atoms with Crippen molar-refractivity contribution in [2.75, 3.05) is 39.5 Å². The third kappa shape index (κ3) is 7.84. The predicted molar refractivity (Wildman–Crippen MR) is 149 cm³/mol. The SMILES string of the molecule is CCCOCC1CN(CCCn2cnc(/C=c3\[nH]c(=O)/c(=C/c4cccc(F)c4)[nH]c3=O)c2C(C)C)CCO1. The van der Waals surface area contributed by atoms with Gasteiger partial charge < -0.3 is 24.0 Å². The first-order valence-electron chi connectivity index (χ1n) is 13.6. The van der Waals surface area contributed by atoms with Crippen LogP contribution in [-0.4, -0.2) is 70.0 Å². The number of halogens is 1. The Kier molecular flexibility index (Phi) is 10.0. The Morgan fingerprint density at radius 3 is 2.67 bits per heavy atom. The van der Waals surface area contributed by atoms with E-state index in [1.165, 1.54) is 18.2 Å². The van der Waals surface area contributed by atoms with Gasteiger partial charge in [0.25, 0.3) is 11.1 Å². The molecule has 1 unspecified atom stereocenters. The van der Waals surface area contributed by atoms with Crippen molar-refractivity contribution >= 4 is 12.2 Å². The van der Waals surface area contributed by atoms with Crippen LogP contribution in [0.3, 0.4) is 0 Å². The van der Waals surface area contributed by atoms with E-state index in [0.717, 1.165) is 51.3 Å². The van der Waals surface area contributed by atoms with Gasteiger partial charge in [-0.05, 0) is 48.6 Å². The fraction of sp³-hybridized carbons (Fsp3) is 0.483. The molecule has 3 heterocycles. The van der Waals surface area contributed by atoms with Crippen LogP contribution >= 0.6 is 0 Å². The Morgan fingerprint density at radius 1 is 1.18 bits per heavy atom. The van der Waals surface area contributed by atoms with Crippen molar-refractivity contribution in [1.82, 2.24) is 24.4 Å². The van der Waals surface area contributed by atoms with Gasteiger partial charge in [0.1, 0.15) is 16.5 Å². The molecule has 39 heavy (non-hydrogen) atoms. The zero-order chi connectivity index (χ0) is 27.8. The van der Waals surface area contributed by atoms with Crippen LogP contribution in [0.4, 0.5) is 4.39 Å². The fourth-order valence-electron chi connectivity index (χ4n) is 4.83. The number of morpholine rings is 1. The number of H-pyrrole nitrogens is 2. The maximum absolute atomic E-state index is 13.5. The molecule has 0 saturated carbocycles. The van der Waals surface area contributed by atoms with Gasteiger partial charge in [-0.25, -0.2) is 9.37 Å². The van der Waals surface area contributed by atoms with Crippen molar-refractivity contribution in [1.29, 1.82) is 0 Å². The van der Waals surface area contributed by atoms with Gasteiger partial charge in [0.2, 0.25) is 0 Å². The van der Waals surface area contributed by atoms with Crippen molar-refractivity contribution < 1.29 is 13.9 Å². The summed E-state index contributed by atoms with van der Waals surface area (Å²) in [4.78, 5) is 37.7. The zero-order valence-corrected chi connectivity index (χ0v) is 22.9. The van der Waals surface area contributed by atoms with Gasteiger partial charge in [-0.2, -0.15) is 0 Å². The van der Waals surface area contributed by atoms with Crippen molar-refractivity contribution in [3.8, 4) is 0 Å². The molecule has 210 valence electrons. The van der Waals surface area contributed by atoms with E-state index in [2.05, 4.69) is 45.2 Å². The van der Waals surface area contributed by atoms with Crippen LogP contribution in [0.2, 0.25) is 0 Å². The highest BCUT2D eigenvalue weighted by Crippen LogP contribution is 2.20. The van der Waals surface area contributed by atoms with E-state index in [4.69, 9.17) is 9.47 Å². The molecule has 2 aromatic heterocycles. The predicted octanol–water partition coefficient (Wildman–Crippen LogP) is 1.70. The summed E-state index contributed by atoms with van der Waals surface area (Å²) in [5.74, 6) is -0.260. The van der Waals surface area contributed by atoms with Crippen molar-refractivity contribution in [3.05, 3.63) is 84.8 Å². The number of rotatable bonds is 11. The molecule has 1 saturated heterocycles. The Balaban J connectivity index is 1.48. The van der Waals surface area contributed by atoms with E-state index < -0.39 is 16.9 Å². The van der Waals surface area contributed by atoms with Crippen molar-refractivity contribution in [3.63, 3.8) is 0 Å². The van der Waals surface area contributed by atoms with Crippen LogP contribution < -0.4 is 21.8 Å². The van der Waals surface area contributed by atoms with Gasteiger partial charge in [0, 0.05) is 38.5 Å². The highest BCUT2D eigenvalue weighted by Gasteiger charge is 2.20. The molecule has 9 nitrogen and oxygen atoms in total. The number of nitrogens with one attached hydrogen (secondary N) is 2. The average molecular weight is 540 g/mol. The van der Waals surface area contributed by atoms with E-state index in [0.29, 0.717) is 24.5 Å². The van der Waals surface area contributed by atoms with E-state index in [1.807, 2.05) is 0 Å². The Bertz CT molecular complexity index is 1480. The van der Waals surface area contributed by atoms with Gasteiger partial charge in [0.05, 0.1) is 31.3 Å². The molecule has 1 aliphatic heterocycles. The molecule has 4 rings (SSSR count). The highest BCUT2D eigenvalue weighted by atomic mass is 19.1. The molecule has 1 atom stereocenters. The summed E-state index contributed by atoms with van der Waals surface area (Å²) in [5.41, 5.74) is 1.20. The summed E-state index contributed by atoms with van der Waals surface area (Å²) in [6, 6.07) is 5.80. The lowest BCUT2D eigenvalue weighted by Gasteiger charge is -2.32. The molecule has 1 aliphatic rings. The lowest BCUT2D eigenvalue weighted by atomic mass is 10.1. The second-order valence-corrected chi connectivity index (χ2v) is 10.2. The summed E-state index contributed by atoms with van der Waals surface area (Å²) in [5, 5.41) is 0.174. The largest absolute Gasteiger partial charge is 0.379 e. The minimum Gasteiger partial charge on any atom is -0.379 e. The summed E-state index contributed by atoms with van der Waals surface area (Å²) in [7, 11) is 0. The monoisotopic (exact) mass is 539 g/mol. The number of hydrogen-bond donors (Lipinski definition) is 2. The molecule has 10 heteroatoms. The Labute approximate surface area is 227 Å². The normalized spacial score (nSPS) is 17.4. The van der Waals surface area contributed by atoms with E-state index in [1.54, 1.807) is 24.5 Å². The number of imidazole rings is 1. The molecule has 2 N–H and O–H groups in total. The zero-order valence-electron chi connectivity index (χ0n) is 22.9. The molecule has 3 aromatic rings.